The highest BCUT2D eigenvalue weighted by Gasteiger charge is 2.06. The molecule has 0 amide bonds. The molecule has 4 rings (SSSR count). The van der Waals surface area contributed by atoms with E-state index in [0.29, 0.717) is 10.2 Å². The van der Waals surface area contributed by atoms with E-state index in [4.69, 9.17) is 11.6 Å². The van der Waals surface area contributed by atoms with Crippen molar-refractivity contribution in [1.82, 2.24) is 4.98 Å². The van der Waals surface area contributed by atoms with Crippen molar-refractivity contribution in [2.45, 2.75) is 20.4 Å². The molecule has 4 nitrogen and oxygen atoms in total. The maximum absolute atomic E-state index is 6.03. The standard InChI is InChI=1S/C23H21ClN4S/c1-3-28(15-17-6-4-16(2)5-7-17)20-11-9-19(10-12-20)26-27-23-25-21-13-8-18(24)14-22(21)29-23/h4-14H,3,15H2,1-2H3. The van der Waals surface area contributed by atoms with Gasteiger partial charge in [-0.05, 0) is 61.9 Å². The largest absolute Gasteiger partial charge is 0.367 e. The van der Waals surface area contributed by atoms with Crippen molar-refractivity contribution in [1.29, 1.82) is 0 Å². The van der Waals surface area contributed by atoms with Crippen LogP contribution in [0.5, 0.6) is 0 Å². The van der Waals surface area contributed by atoms with E-state index in [1.54, 1.807) is 0 Å². The van der Waals surface area contributed by atoms with Gasteiger partial charge in [0.15, 0.2) is 0 Å². The molecule has 0 N–H and O–H groups in total. The second-order valence-corrected chi connectivity index (χ2v) is 8.27. The van der Waals surface area contributed by atoms with Gasteiger partial charge in [0.2, 0.25) is 5.13 Å². The lowest BCUT2D eigenvalue weighted by Crippen LogP contribution is -2.21. The molecule has 0 atom stereocenters. The summed E-state index contributed by atoms with van der Waals surface area (Å²) in [6, 6.07) is 22.5. The topological polar surface area (TPSA) is 40.9 Å². The van der Waals surface area contributed by atoms with Crippen LogP contribution in [0.15, 0.2) is 77.0 Å². The van der Waals surface area contributed by atoms with Crippen LogP contribution in [-0.2, 0) is 6.54 Å². The zero-order valence-electron chi connectivity index (χ0n) is 16.3. The van der Waals surface area contributed by atoms with E-state index in [9.17, 15) is 0 Å². The van der Waals surface area contributed by atoms with Gasteiger partial charge in [-0.3, -0.25) is 0 Å². The minimum Gasteiger partial charge on any atom is -0.367 e. The Balaban J connectivity index is 1.47. The predicted molar refractivity (Wildman–Crippen MR) is 123 cm³/mol. The maximum atomic E-state index is 6.03. The predicted octanol–water partition coefficient (Wildman–Crippen LogP) is 7.70. The molecule has 3 aromatic carbocycles. The van der Waals surface area contributed by atoms with E-state index in [2.05, 4.69) is 70.4 Å². The summed E-state index contributed by atoms with van der Waals surface area (Å²) in [6.07, 6.45) is 0. The molecule has 0 aliphatic rings. The maximum Gasteiger partial charge on any atom is 0.231 e. The van der Waals surface area contributed by atoms with E-state index in [1.165, 1.54) is 28.2 Å². The lowest BCUT2D eigenvalue weighted by atomic mass is 10.1. The van der Waals surface area contributed by atoms with Crippen LogP contribution in [0.1, 0.15) is 18.1 Å². The summed E-state index contributed by atoms with van der Waals surface area (Å²) >= 11 is 7.51. The summed E-state index contributed by atoms with van der Waals surface area (Å²) in [6.45, 7) is 6.09. The summed E-state index contributed by atoms with van der Waals surface area (Å²) in [4.78, 5) is 6.81. The minimum absolute atomic E-state index is 0.626. The van der Waals surface area contributed by atoms with Gasteiger partial charge in [-0.25, -0.2) is 4.98 Å². The van der Waals surface area contributed by atoms with Crippen LogP contribution in [0.3, 0.4) is 0 Å². The monoisotopic (exact) mass is 420 g/mol. The number of hydrogen-bond donors (Lipinski definition) is 0. The van der Waals surface area contributed by atoms with Crippen LogP contribution in [0.2, 0.25) is 5.02 Å². The van der Waals surface area contributed by atoms with E-state index < -0.39 is 0 Å². The van der Waals surface area contributed by atoms with Gasteiger partial charge in [-0.1, -0.05) is 52.8 Å². The first-order chi connectivity index (χ1) is 14.1. The van der Waals surface area contributed by atoms with Crippen LogP contribution in [0.25, 0.3) is 10.2 Å². The smallest absolute Gasteiger partial charge is 0.231 e. The number of hydrogen-bond acceptors (Lipinski definition) is 5. The molecule has 0 saturated heterocycles. The lowest BCUT2D eigenvalue weighted by Gasteiger charge is -2.23. The second kappa shape index (κ2) is 8.72. The Morgan fingerprint density at radius 3 is 2.45 bits per heavy atom. The first-order valence-corrected chi connectivity index (χ1v) is 10.7. The van der Waals surface area contributed by atoms with Gasteiger partial charge in [-0.2, -0.15) is 0 Å². The zero-order valence-corrected chi connectivity index (χ0v) is 17.9. The Kier molecular flexibility index (Phi) is 5.88. The van der Waals surface area contributed by atoms with Crippen LogP contribution >= 0.6 is 22.9 Å². The molecule has 146 valence electrons. The number of rotatable bonds is 6. The molecular weight excluding hydrogens is 400 g/mol. The fourth-order valence-corrected chi connectivity index (χ4v) is 4.12. The van der Waals surface area contributed by atoms with Gasteiger partial charge >= 0.3 is 0 Å². The molecule has 0 aliphatic heterocycles. The van der Waals surface area contributed by atoms with Crippen molar-refractivity contribution in [2.24, 2.45) is 10.2 Å². The summed E-state index contributed by atoms with van der Waals surface area (Å²) in [7, 11) is 0. The number of thiazole rings is 1. The molecule has 0 fully saturated rings. The quantitative estimate of drug-likeness (QED) is 0.300. The summed E-state index contributed by atoms with van der Waals surface area (Å²) in [5, 5.41) is 9.95. The molecular formula is C23H21ClN4S. The van der Waals surface area contributed by atoms with Crippen LogP contribution < -0.4 is 4.90 Å². The Hall–Kier alpha value is -2.76. The highest BCUT2D eigenvalue weighted by Crippen LogP contribution is 2.31. The Morgan fingerprint density at radius 2 is 1.72 bits per heavy atom. The molecule has 0 spiro atoms. The third-order valence-electron chi connectivity index (χ3n) is 4.68. The van der Waals surface area contributed by atoms with E-state index in [0.717, 1.165) is 29.0 Å². The van der Waals surface area contributed by atoms with Gasteiger partial charge in [-0.15, -0.1) is 10.2 Å². The molecule has 0 unspecified atom stereocenters. The fraction of sp³-hybridized carbons (Fsp3) is 0.174. The number of benzene rings is 3. The van der Waals surface area contributed by atoms with E-state index >= 15 is 0 Å². The van der Waals surface area contributed by atoms with E-state index in [-0.39, 0.29) is 0 Å². The zero-order chi connectivity index (χ0) is 20.2. The highest BCUT2D eigenvalue weighted by molar-refractivity contribution is 7.21. The van der Waals surface area contributed by atoms with Gasteiger partial charge in [0.25, 0.3) is 0 Å². The second-order valence-electron chi connectivity index (χ2n) is 6.82. The Labute approximate surface area is 179 Å². The molecule has 0 radical (unpaired) electrons. The Morgan fingerprint density at radius 1 is 0.966 bits per heavy atom. The number of nitrogens with zero attached hydrogens (tertiary/aromatic N) is 4. The van der Waals surface area contributed by atoms with Crippen molar-refractivity contribution >= 4 is 49.7 Å². The van der Waals surface area contributed by atoms with Gasteiger partial charge < -0.3 is 4.90 Å². The molecule has 6 heteroatoms. The van der Waals surface area contributed by atoms with Crippen molar-refractivity contribution in [3.05, 3.63) is 82.9 Å². The SMILES string of the molecule is CCN(Cc1ccc(C)cc1)c1ccc(N=Nc2nc3ccc(Cl)cc3s2)cc1. The number of halogens is 1. The highest BCUT2D eigenvalue weighted by atomic mass is 35.5. The van der Waals surface area contributed by atoms with Crippen molar-refractivity contribution in [2.75, 3.05) is 11.4 Å². The average molecular weight is 421 g/mol. The number of anilines is 1. The molecule has 1 aromatic heterocycles. The van der Waals surface area contributed by atoms with Crippen LogP contribution in [-0.4, -0.2) is 11.5 Å². The van der Waals surface area contributed by atoms with Crippen molar-refractivity contribution < 1.29 is 0 Å². The molecule has 4 aromatic rings. The minimum atomic E-state index is 0.626. The number of azo groups is 1. The molecule has 0 bridgehead atoms. The third-order valence-corrected chi connectivity index (χ3v) is 5.82. The first-order valence-electron chi connectivity index (χ1n) is 9.49. The first kappa shape index (κ1) is 19.6. The molecule has 0 saturated carbocycles. The number of fused-ring (bicyclic) bond motifs is 1. The van der Waals surface area contributed by atoms with Gasteiger partial charge in [0.05, 0.1) is 15.9 Å². The number of aromatic nitrogens is 1. The average Bonchev–Trinajstić information content (AvgIpc) is 3.14. The summed E-state index contributed by atoms with van der Waals surface area (Å²) in [5.41, 5.74) is 5.44. The normalized spacial score (nSPS) is 11.4. The molecule has 29 heavy (non-hydrogen) atoms. The van der Waals surface area contributed by atoms with E-state index in [1.807, 2.05) is 30.3 Å². The third kappa shape index (κ3) is 4.81. The van der Waals surface area contributed by atoms with Crippen LogP contribution in [0, 0.1) is 6.92 Å². The fourth-order valence-electron chi connectivity index (χ4n) is 3.06. The molecule has 0 aliphatic carbocycles. The van der Waals surface area contributed by atoms with Crippen molar-refractivity contribution in [3.63, 3.8) is 0 Å². The lowest BCUT2D eigenvalue weighted by molar-refractivity contribution is 0.831. The van der Waals surface area contributed by atoms with Crippen LogP contribution in [0.4, 0.5) is 16.5 Å². The number of aryl methyl sites for hydroxylation is 1. The van der Waals surface area contributed by atoms with Gasteiger partial charge in [0.1, 0.15) is 0 Å². The molecule has 1 heterocycles. The Bertz CT molecular complexity index is 1130. The summed E-state index contributed by atoms with van der Waals surface area (Å²) < 4.78 is 1.01. The van der Waals surface area contributed by atoms with Gasteiger partial charge in [0, 0.05) is 23.8 Å². The summed E-state index contributed by atoms with van der Waals surface area (Å²) in [5.74, 6) is 0. The van der Waals surface area contributed by atoms with Crippen molar-refractivity contribution in [3.8, 4) is 0 Å².